The standard InChI is InChI=1S/C27H30F2/c1-2-3-4-5-6-8-19-13-16-23-22-9-7-10-26(29)24(22)17-18-25(23)27(19)20-11-14-21(28)15-12-20/h7,9-12,14-15,17-19,27H,2-6,8,13,16H2,1H3/t19-,27-/m1/s1. The summed E-state index contributed by atoms with van der Waals surface area (Å²) in [5.74, 6) is 0.474. The first kappa shape index (κ1) is 20.1. The van der Waals surface area contributed by atoms with E-state index in [0.29, 0.717) is 11.3 Å². The molecule has 0 saturated heterocycles. The normalized spacial score (nSPS) is 18.7. The van der Waals surface area contributed by atoms with Gasteiger partial charge in [0.1, 0.15) is 11.6 Å². The second-order valence-corrected chi connectivity index (χ2v) is 8.50. The molecule has 152 valence electrons. The molecule has 0 saturated carbocycles. The summed E-state index contributed by atoms with van der Waals surface area (Å²) in [6.07, 6.45) is 9.73. The minimum absolute atomic E-state index is 0.151. The molecular formula is C27H30F2. The lowest BCUT2D eigenvalue weighted by Crippen LogP contribution is -2.22. The molecule has 3 aromatic rings. The van der Waals surface area contributed by atoms with Gasteiger partial charge in [-0.15, -0.1) is 0 Å². The molecule has 0 aliphatic heterocycles. The molecule has 0 heterocycles. The molecule has 2 heteroatoms. The average Bonchev–Trinajstić information content (AvgIpc) is 2.74. The molecular weight excluding hydrogens is 362 g/mol. The highest BCUT2D eigenvalue weighted by atomic mass is 19.1. The van der Waals surface area contributed by atoms with E-state index in [1.165, 1.54) is 61.3 Å². The van der Waals surface area contributed by atoms with Crippen molar-refractivity contribution in [3.63, 3.8) is 0 Å². The SMILES string of the molecule is CCCCCCC[C@@H]1CCc2c(ccc3c(F)cccc23)[C@H]1c1ccc(F)cc1. The first-order valence-corrected chi connectivity index (χ1v) is 11.1. The minimum atomic E-state index is -0.193. The number of fused-ring (bicyclic) bond motifs is 3. The second kappa shape index (κ2) is 9.07. The Morgan fingerprint density at radius 1 is 0.828 bits per heavy atom. The lowest BCUT2D eigenvalue weighted by atomic mass is 9.69. The Labute approximate surface area is 173 Å². The molecule has 0 unspecified atom stereocenters. The van der Waals surface area contributed by atoms with E-state index in [-0.39, 0.29) is 17.6 Å². The smallest absolute Gasteiger partial charge is 0.131 e. The van der Waals surface area contributed by atoms with Crippen molar-refractivity contribution >= 4 is 10.8 Å². The van der Waals surface area contributed by atoms with Crippen LogP contribution in [0.1, 0.15) is 74.5 Å². The Kier molecular flexibility index (Phi) is 6.28. The van der Waals surface area contributed by atoms with E-state index in [2.05, 4.69) is 13.0 Å². The number of unbranched alkanes of at least 4 members (excludes halogenated alkanes) is 4. The van der Waals surface area contributed by atoms with Crippen molar-refractivity contribution in [3.8, 4) is 0 Å². The Balaban J connectivity index is 1.69. The molecule has 0 N–H and O–H groups in total. The summed E-state index contributed by atoms with van der Waals surface area (Å²) in [7, 11) is 0. The van der Waals surface area contributed by atoms with Crippen LogP contribution in [0.25, 0.3) is 10.8 Å². The first-order chi connectivity index (χ1) is 14.2. The Morgan fingerprint density at radius 3 is 2.41 bits per heavy atom. The van der Waals surface area contributed by atoms with Crippen LogP contribution in [0.3, 0.4) is 0 Å². The summed E-state index contributed by atoms with van der Waals surface area (Å²) in [5.41, 5.74) is 3.76. The fourth-order valence-electron chi connectivity index (χ4n) is 5.16. The van der Waals surface area contributed by atoms with Crippen molar-refractivity contribution in [2.24, 2.45) is 5.92 Å². The van der Waals surface area contributed by atoms with Crippen LogP contribution in [0, 0.1) is 17.6 Å². The van der Waals surface area contributed by atoms with Crippen LogP contribution in [0.15, 0.2) is 54.6 Å². The van der Waals surface area contributed by atoms with Crippen molar-refractivity contribution in [3.05, 3.63) is 82.9 Å². The maximum absolute atomic E-state index is 14.3. The van der Waals surface area contributed by atoms with Gasteiger partial charge in [0.2, 0.25) is 0 Å². The van der Waals surface area contributed by atoms with Crippen molar-refractivity contribution in [1.82, 2.24) is 0 Å². The van der Waals surface area contributed by atoms with E-state index in [1.807, 2.05) is 30.3 Å². The van der Waals surface area contributed by atoms with E-state index in [0.717, 1.165) is 18.2 Å². The van der Waals surface area contributed by atoms with Gasteiger partial charge in [0.25, 0.3) is 0 Å². The molecule has 0 bridgehead atoms. The van der Waals surface area contributed by atoms with Gasteiger partial charge in [0.15, 0.2) is 0 Å². The van der Waals surface area contributed by atoms with Crippen LogP contribution in [-0.2, 0) is 6.42 Å². The Morgan fingerprint density at radius 2 is 1.62 bits per heavy atom. The molecule has 4 rings (SSSR count). The quantitative estimate of drug-likeness (QED) is 0.356. The van der Waals surface area contributed by atoms with Gasteiger partial charge in [-0.2, -0.15) is 0 Å². The number of benzene rings is 3. The number of rotatable bonds is 7. The third-order valence-corrected chi connectivity index (χ3v) is 6.64. The lowest BCUT2D eigenvalue weighted by molar-refractivity contribution is 0.367. The van der Waals surface area contributed by atoms with E-state index >= 15 is 0 Å². The molecule has 29 heavy (non-hydrogen) atoms. The molecule has 0 aromatic heterocycles. The molecule has 0 spiro atoms. The summed E-state index contributed by atoms with van der Waals surface area (Å²) >= 11 is 0. The molecule has 3 aromatic carbocycles. The molecule has 2 atom stereocenters. The maximum atomic E-state index is 14.3. The summed E-state index contributed by atoms with van der Waals surface area (Å²) in [6, 6.07) is 16.5. The lowest BCUT2D eigenvalue weighted by Gasteiger charge is -2.35. The monoisotopic (exact) mass is 392 g/mol. The van der Waals surface area contributed by atoms with Crippen LogP contribution >= 0.6 is 0 Å². The van der Waals surface area contributed by atoms with E-state index in [4.69, 9.17) is 0 Å². The van der Waals surface area contributed by atoms with E-state index in [9.17, 15) is 8.78 Å². The molecule has 0 nitrogen and oxygen atoms in total. The van der Waals surface area contributed by atoms with Crippen molar-refractivity contribution in [1.29, 1.82) is 0 Å². The van der Waals surface area contributed by atoms with Gasteiger partial charge in [-0.3, -0.25) is 0 Å². The minimum Gasteiger partial charge on any atom is -0.207 e. The summed E-state index contributed by atoms with van der Waals surface area (Å²) < 4.78 is 27.9. The van der Waals surface area contributed by atoms with Gasteiger partial charge in [-0.05, 0) is 65.5 Å². The fraction of sp³-hybridized carbons (Fsp3) is 0.407. The van der Waals surface area contributed by atoms with Crippen LogP contribution in [0.4, 0.5) is 8.78 Å². The maximum Gasteiger partial charge on any atom is 0.131 e. The Bertz CT molecular complexity index is 958. The molecule has 1 aliphatic rings. The summed E-state index contributed by atoms with van der Waals surface area (Å²) in [6.45, 7) is 2.25. The van der Waals surface area contributed by atoms with E-state index in [1.54, 1.807) is 12.1 Å². The Hall–Kier alpha value is -2.22. The average molecular weight is 393 g/mol. The first-order valence-electron chi connectivity index (χ1n) is 11.1. The van der Waals surface area contributed by atoms with Crippen molar-refractivity contribution in [2.75, 3.05) is 0 Å². The van der Waals surface area contributed by atoms with Crippen molar-refractivity contribution in [2.45, 2.75) is 64.2 Å². The zero-order valence-corrected chi connectivity index (χ0v) is 17.3. The topological polar surface area (TPSA) is 0 Å². The number of hydrogen-bond donors (Lipinski definition) is 0. The molecule has 0 radical (unpaired) electrons. The van der Waals surface area contributed by atoms with Gasteiger partial charge in [0, 0.05) is 11.3 Å². The number of halogens is 2. The summed E-state index contributed by atoms with van der Waals surface area (Å²) in [4.78, 5) is 0. The van der Waals surface area contributed by atoms with Crippen LogP contribution < -0.4 is 0 Å². The predicted molar refractivity (Wildman–Crippen MR) is 117 cm³/mol. The highest BCUT2D eigenvalue weighted by Crippen LogP contribution is 2.45. The predicted octanol–water partition coefficient (Wildman–Crippen LogP) is 8.17. The number of aryl methyl sites for hydroxylation is 1. The largest absolute Gasteiger partial charge is 0.207 e. The number of hydrogen-bond acceptors (Lipinski definition) is 0. The van der Waals surface area contributed by atoms with Gasteiger partial charge < -0.3 is 0 Å². The summed E-state index contributed by atoms with van der Waals surface area (Å²) in [5, 5.41) is 1.75. The molecule has 0 amide bonds. The third kappa shape index (κ3) is 4.22. The van der Waals surface area contributed by atoms with Crippen LogP contribution in [-0.4, -0.2) is 0 Å². The highest BCUT2D eigenvalue weighted by molar-refractivity contribution is 5.88. The van der Waals surface area contributed by atoms with Gasteiger partial charge in [-0.1, -0.05) is 75.4 Å². The van der Waals surface area contributed by atoms with Gasteiger partial charge in [-0.25, -0.2) is 8.78 Å². The van der Waals surface area contributed by atoms with Crippen LogP contribution in [0.5, 0.6) is 0 Å². The van der Waals surface area contributed by atoms with Gasteiger partial charge in [0.05, 0.1) is 0 Å². The highest BCUT2D eigenvalue weighted by Gasteiger charge is 2.31. The van der Waals surface area contributed by atoms with E-state index < -0.39 is 0 Å². The van der Waals surface area contributed by atoms with Crippen molar-refractivity contribution < 1.29 is 8.78 Å². The van der Waals surface area contributed by atoms with Gasteiger partial charge >= 0.3 is 0 Å². The van der Waals surface area contributed by atoms with Crippen LogP contribution in [0.2, 0.25) is 0 Å². The second-order valence-electron chi connectivity index (χ2n) is 8.50. The molecule has 0 fully saturated rings. The zero-order chi connectivity index (χ0) is 20.2. The third-order valence-electron chi connectivity index (χ3n) is 6.64. The zero-order valence-electron chi connectivity index (χ0n) is 17.3. The molecule has 1 aliphatic carbocycles. The fourth-order valence-corrected chi connectivity index (χ4v) is 5.16.